The first-order valence-corrected chi connectivity index (χ1v) is 5.35. The van der Waals surface area contributed by atoms with Gasteiger partial charge >= 0.3 is 0 Å². The molecule has 0 aromatic carbocycles. The van der Waals surface area contributed by atoms with Gasteiger partial charge in [-0.25, -0.2) is 0 Å². The standard InChI is InChI=1S/C12H17N/c1-2-6-11(5-1)8-9-12-7-3-4-10-13-12/h3-4,7,10-11H,1-2,5-6,8-9H2. The number of hydrogen-bond donors (Lipinski definition) is 0. The van der Waals surface area contributed by atoms with Crippen LogP contribution in [0, 0.1) is 5.92 Å². The van der Waals surface area contributed by atoms with Gasteiger partial charge in [-0.2, -0.15) is 0 Å². The molecule has 1 saturated carbocycles. The van der Waals surface area contributed by atoms with E-state index in [0.29, 0.717) is 0 Å². The second kappa shape index (κ2) is 4.40. The Morgan fingerprint density at radius 2 is 2.08 bits per heavy atom. The van der Waals surface area contributed by atoms with Crippen molar-refractivity contribution in [3.8, 4) is 0 Å². The Kier molecular flexibility index (Phi) is 2.96. The summed E-state index contributed by atoms with van der Waals surface area (Å²) in [6, 6.07) is 6.20. The predicted molar refractivity (Wildman–Crippen MR) is 54.5 cm³/mol. The summed E-state index contributed by atoms with van der Waals surface area (Å²) in [5.74, 6) is 0.988. The van der Waals surface area contributed by atoms with Crippen molar-refractivity contribution in [2.24, 2.45) is 5.92 Å². The topological polar surface area (TPSA) is 12.9 Å². The van der Waals surface area contributed by atoms with Crippen molar-refractivity contribution in [3.05, 3.63) is 30.1 Å². The summed E-state index contributed by atoms with van der Waals surface area (Å²) < 4.78 is 0. The van der Waals surface area contributed by atoms with E-state index in [1.165, 1.54) is 44.2 Å². The molecule has 0 unspecified atom stereocenters. The van der Waals surface area contributed by atoms with Gasteiger partial charge in [0.05, 0.1) is 0 Å². The monoisotopic (exact) mass is 175 g/mol. The Bertz CT molecular complexity index is 237. The molecule has 1 aliphatic carbocycles. The molecule has 1 heteroatoms. The van der Waals surface area contributed by atoms with Gasteiger partial charge in [-0.15, -0.1) is 0 Å². The van der Waals surface area contributed by atoms with E-state index >= 15 is 0 Å². The van der Waals surface area contributed by atoms with Gasteiger partial charge in [0, 0.05) is 11.9 Å². The maximum absolute atomic E-state index is 4.34. The van der Waals surface area contributed by atoms with Crippen molar-refractivity contribution >= 4 is 0 Å². The Morgan fingerprint density at radius 3 is 2.77 bits per heavy atom. The van der Waals surface area contributed by atoms with E-state index in [9.17, 15) is 0 Å². The van der Waals surface area contributed by atoms with Crippen LogP contribution in [0.4, 0.5) is 0 Å². The van der Waals surface area contributed by atoms with Crippen molar-refractivity contribution in [3.63, 3.8) is 0 Å². The molecule has 0 amide bonds. The molecule has 0 N–H and O–H groups in total. The quantitative estimate of drug-likeness (QED) is 0.687. The van der Waals surface area contributed by atoms with Crippen LogP contribution in [0.1, 0.15) is 37.8 Å². The first-order valence-electron chi connectivity index (χ1n) is 5.35. The molecule has 2 rings (SSSR count). The minimum Gasteiger partial charge on any atom is -0.261 e. The molecule has 0 saturated heterocycles. The third kappa shape index (κ3) is 2.55. The van der Waals surface area contributed by atoms with E-state index in [0.717, 1.165) is 5.92 Å². The van der Waals surface area contributed by atoms with Gasteiger partial charge in [0.15, 0.2) is 0 Å². The number of hydrogen-bond acceptors (Lipinski definition) is 1. The predicted octanol–water partition coefficient (Wildman–Crippen LogP) is 3.20. The molecule has 1 aromatic rings. The average Bonchev–Trinajstić information content (AvgIpc) is 2.69. The van der Waals surface area contributed by atoms with Crippen molar-refractivity contribution in [1.29, 1.82) is 0 Å². The van der Waals surface area contributed by atoms with Crippen LogP contribution in [-0.4, -0.2) is 4.98 Å². The summed E-state index contributed by atoms with van der Waals surface area (Å²) in [7, 11) is 0. The molecule has 0 radical (unpaired) electrons. The molecule has 1 fully saturated rings. The van der Waals surface area contributed by atoms with Crippen LogP contribution in [0.25, 0.3) is 0 Å². The van der Waals surface area contributed by atoms with Crippen molar-refractivity contribution < 1.29 is 0 Å². The van der Waals surface area contributed by atoms with E-state index in [-0.39, 0.29) is 0 Å². The Morgan fingerprint density at radius 1 is 1.23 bits per heavy atom. The first-order chi connectivity index (χ1) is 6.45. The minimum atomic E-state index is 0.988. The molecule has 1 aromatic heterocycles. The molecule has 70 valence electrons. The van der Waals surface area contributed by atoms with Gasteiger partial charge in [-0.3, -0.25) is 4.98 Å². The summed E-state index contributed by atoms with van der Waals surface area (Å²) in [6.07, 6.45) is 10.2. The molecule has 0 spiro atoms. The van der Waals surface area contributed by atoms with Crippen LogP contribution in [0.2, 0.25) is 0 Å². The van der Waals surface area contributed by atoms with Crippen LogP contribution in [0.5, 0.6) is 0 Å². The highest BCUT2D eigenvalue weighted by molar-refractivity contribution is 5.03. The van der Waals surface area contributed by atoms with Crippen LogP contribution in [0.3, 0.4) is 0 Å². The van der Waals surface area contributed by atoms with Crippen LogP contribution in [-0.2, 0) is 6.42 Å². The molecule has 1 aliphatic rings. The number of pyridine rings is 1. The lowest BCUT2D eigenvalue weighted by atomic mass is 10.0. The fourth-order valence-electron chi connectivity index (χ4n) is 2.20. The zero-order valence-electron chi connectivity index (χ0n) is 8.08. The van der Waals surface area contributed by atoms with Crippen molar-refractivity contribution in [1.82, 2.24) is 4.98 Å². The highest BCUT2D eigenvalue weighted by atomic mass is 14.7. The van der Waals surface area contributed by atoms with Crippen molar-refractivity contribution in [2.45, 2.75) is 38.5 Å². The van der Waals surface area contributed by atoms with Gasteiger partial charge in [0.25, 0.3) is 0 Å². The second-order valence-corrected chi connectivity index (χ2v) is 4.01. The lowest BCUT2D eigenvalue weighted by molar-refractivity contribution is 0.501. The van der Waals surface area contributed by atoms with E-state index in [4.69, 9.17) is 0 Å². The highest BCUT2D eigenvalue weighted by Gasteiger charge is 2.14. The lowest BCUT2D eigenvalue weighted by Crippen LogP contribution is -1.97. The smallest absolute Gasteiger partial charge is 0.0403 e. The van der Waals surface area contributed by atoms with Crippen LogP contribution < -0.4 is 0 Å². The van der Waals surface area contributed by atoms with Gasteiger partial charge in [0.1, 0.15) is 0 Å². The zero-order valence-corrected chi connectivity index (χ0v) is 8.08. The average molecular weight is 175 g/mol. The number of nitrogens with zero attached hydrogens (tertiary/aromatic N) is 1. The van der Waals surface area contributed by atoms with E-state index in [1.54, 1.807) is 0 Å². The second-order valence-electron chi connectivity index (χ2n) is 4.01. The Labute approximate surface area is 80.2 Å². The fraction of sp³-hybridized carbons (Fsp3) is 0.583. The maximum Gasteiger partial charge on any atom is 0.0403 e. The molecule has 13 heavy (non-hydrogen) atoms. The first kappa shape index (κ1) is 8.74. The molecule has 0 aliphatic heterocycles. The van der Waals surface area contributed by atoms with Gasteiger partial charge < -0.3 is 0 Å². The summed E-state index contributed by atoms with van der Waals surface area (Å²) >= 11 is 0. The van der Waals surface area contributed by atoms with E-state index < -0.39 is 0 Å². The Balaban J connectivity index is 1.79. The highest BCUT2D eigenvalue weighted by Crippen LogP contribution is 2.28. The molecule has 0 atom stereocenters. The maximum atomic E-state index is 4.34. The molecular weight excluding hydrogens is 158 g/mol. The molecule has 0 bridgehead atoms. The number of aryl methyl sites for hydroxylation is 1. The normalized spacial score (nSPS) is 17.8. The number of aromatic nitrogens is 1. The molecular formula is C12H17N. The summed E-state index contributed by atoms with van der Waals surface area (Å²) in [4.78, 5) is 4.34. The largest absolute Gasteiger partial charge is 0.261 e. The third-order valence-electron chi connectivity index (χ3n) is 3.01. The van der Waals surface area contributed by atoms with Gasteiger partial charge in [-0.1, -0.05) is 31.7 Å². The Hall–Kier alpha value is -0.850. The minimum absolute atomic E-state index is 0.988. The summed E-state index contributed by atoms with van der Waals surface area (Å²) in [5, 5.41) is 0. The van der Waals surface area contributed by atoms with E-state index in [1.807, 2.05) is 12.3 Å². The summed E-state index contributed by atoms with van der Waals surface area (Å²) in [6.45, 7) is 0. The number of rotatable bonds is 3. The molecule has 1 heterocycles. The van der Waals surface area contributed by atoms with Gasteiger partial charge in [-0.05, 0) is 30.9 Å². The molecule has 1 nitrogen and oxygen atoms in total. The summed E-state index contributed by atoms with van der Waals surface area (Å²) in [5.41, 5.74) is 1.26. The van der Waals surface area contributed by atoms with Crippen molar-refractivity contribution in [2.75, 3.05) is 0 Å². The SMILES string of the molecule is c1ccc(CCC2CCCC2)nc1. The van der Waals surface area contributed by atoms with Crippen LogP contribution >= 0.6 is 0 Å². The third-order valence-corrected chi connectivity index (χ3v) is 3.01. The van der Waals surface area contributed by atoms with Gasteiger partial charge in [0.2, 0.25) is 0 Å². The lowest BCUT2D eigenvalue weighted by Gasteiger charge is -2.07. The fourth-order valence-corrected chi connectivity index (χ4v) is 2.20. The van der Waals surface area contributed by atoms with Crippen LogP contribution in [0.15, 0.2) is 24.4 Å². The zero-order chi connectivity index (χ0) is 8.93. The van der Waals surface area contributed by atoms with E-state index in [2.05, 4.69) is 17.1 Å².